The molecule has 2 rings (SSSR count). The summed E-state index contributed by atoms with van der Waals surface area (Å²) in [5.41, 5.74) is 0.354. The molecule has 102 valence electrons. The van der Waals surface area contributed by atoms with Crippen LogP contribution in [0.15, 0.2) is 30.5 Å². The maximum Gasteiger partial charge on any atom is 0.416 e. The van der Waals surface area contributed by atoms with Crippen molar-refractivity contribution in [1.82, 2.24) is 15.0 Å². The van der Waals surface area contributed by atoms with Gasteiger partial charge in [-0.15, -0.1) is 5.10 Å². The lowest BCUT2D eigenvalue weighted by molar-refractivity contribution is -0.137. The Morgan fingerprint density at radius 1 is 1.26 bits per heavy atom. The summed E-state index contributed by atoms with van der Waals surface area (Å²) < 4.78 is 38.6. The molecule has 0 aliphatic rings. The Morgan fingerprint density at radius 2 is 1.89 bits per heavy atom. The first kappa shape index (κ1) is 13.5. The first-order chi connectivity index (χ1) is 8.86. The highest BCUT2D eigenvalue weighted by Gasteiger charge is 2.30. The van der Waals surface area contributed by atoms with Crippen LogP contribution in [0.5, 0.6) is 0 Å². The SMILES string of the molecule is CC(O)Cc1cn(-c2ccc(C(F)(F)F)cc2)nn1. The number of hydrogen-bond donors (Lipinski definition) is 1. The van der Waals surface area contributed by atoms with Crippen molar-refractivity contribution in [2.24, 2.45) is 0 Å². The Bertz CT molecular complexity index is 546. The average molecular weight is 271 g/mol. The number of hydrogen-bond acceptors (Lipinski definition) is 3. The van der Waals surface area contributed by atoms with Gasteiger partial charge < -0.3 is 5.11 Å². The van der Waals surface area contributed by atoms with E-state index in [0.29, 0.717) is 17.8 Å². The van der Waals surface area contributed by atoms with Gasteiger partial charge in [0.05, 0.1) is 29.2 Å². The fourth-order valence-corrected chi connectivity index (χ4v) is 1.62. The predicted octanol–water partition coefficient (Wildman–Crippen LogP) is 2.21. The summed E-state index contributed by atoms with van der Waals surface area (Å²) in [5.74, 6) is 0. The van der Waals surface area contributed by atoms with E-state index >= 15 is 0 Å². The van der Waals surface area contributed by atoms with Gasteiger partial charge in [0.25, 0.3) is 0 Å². The quantitative estimate of drug-likeness (QED) is 0.931. The number of rotatable bonds is 3. The van der Waals surface area contributed by atoms with Crippen molar-refractivity contribution in [2.75, 3.05) is 0 Å². The highest BCUT2D eigenvalue weighted by Crippen LogP contribution is 2.29. The van der Waals surface area contributed by atoms with E-state index in [1.807, 2.05) is 0 Å². The lowest BCUT2D eigenvalue weighted by atomic mass is 10.2. The summed E-state index contributed by atoms with van der Waals surface area (Å²) >= 11 is 0. The Kier molecular flexibility index (Phi) is 3.57. The molecule has 1 atom stereocenters. The van der Waals surface area contributed by atoms with Crippen LogP contribution < -0.4 is 0 Å². The first-order valence-electron chi connectivity index (χ1n) is 5.63. The number of alkyl halides is 3. The lowest BCUT2D eigenvalue weighted by Crippen LogP contribution is -2.05. The van der Waals surface area contributed by atoms with E-state index in [1.54, 1.807) is 13.1 Å². The molecule has 0 spiro atoms. The fourth-order valence-electron chi connectivity index (χ4n) is 1.62. The molecule has 0 aliphatic heterocycles. The highest BCUT2D eigenvalue weighted by atomic mass is 19.4. The molecule has 1 N–H and O–H groups in total. The van der Waals surface area contributed by atoms with Crippen LogP contribution in [0.25, 0.3) is 5.69 Å². The fraction of sp³-hybridized carbons (Fsp3) is 0.333. The summed E-state index contributed by atoms with van der Waals surface area (Å²) in [6, 6.07) is 4.63. The Balaban J connectivity index is 2.20. The zero-order valence-electron chi connectivity index (χ0n) is 10.1. The van der Waals surface area contributed by atoms with E-state index in [4.69, 9.17) is 0 Å². The summed E-state index contributed by atoms with van der Waals surface area (Å²) in [6.45, 7) is 1.62. The number of halogens is 3. The molecular weight excluding hydrogens is 259 g/mol. The second-order valence-electron chi connectivity index (χ2n) is 4.25. The van der Waals surface area contributed by atoms with Gasteiger partial charge in [0.2, 0.25) is 0 Å². The molecule has 1 aromatic heterocycles. The standard InChI is InChI=1S/C12H12F3N3O/c1-8(19)6-10-7-18(17-16-10)11-4-2-9(3-5-11)12(13,14)15/h2-5,7-8,19H,6H2,1H3. The van der Waals surface area contributed by atoms with E-state index in [9.17, 15) is 18.3 Å². The molecule has 7 heteroatoms. The molecule has 1 unspecified atom stereocenters. The van der Waals surface area contributed by atoms with Gasteiger partial charge in [-0.25, -0.2) is 4.68 Å². The largest absolute Gasteiger partial charge is 0.416 e. The van der Waals surface area contributed by atoms with Gasteiger partial charge in [-0.05, 0) is 31.2 Å². The van der Waals surface area contributed by atoms with Crippen LogP contribution >= 0.6 is 0 Å². The first-order valence-corrected chi connectivity index (χ1v) is 5.63. The molecule has 4 nitrogen and oxygen atoms in total. The number of benzene rings is 1. The number of aliphatic hydroxyl groups is 1. The van der Waals surface area contributed by atoms with Crippen LogP contribution in [0.4, 0.5) is 13.2 Å². The minimum absolute atomic E-state index is 0.348. The van der Waals surface area contributed by atoms with E-state index in [-0.39, 0.29) is 0 Å². The predicted molar refractivity (Wildman–Crippen MR) is 61.7 cm³/mol. The van der Waals surface area contributed by atoms with Crippen molar-refractivity contribution < 1.29 is 18.3 Å². The van der Waals surface area contributed by atoms with Gasteiger partial charge in [-0.3, -0.25) is 0 Å². The van der Waals surface area contributed by atoms with Crippen LogP contribution in [0.3, 0.4) is 0 Å². The number of aromatic nitrogens is 3. The van der Waals surface area contributed by atoms with Gasteiger partial charge in [-0.2, -0.15) is 13.2 Å². The van der Waals surface area contributed by atoms with Crippen LogP contribution in [0, 0.1) is 0 Å². The third-order valence-electron chi connectivity index (χ3n) is 2.50. The molecule has 0 amide bonds. The molecule has 1 aromatic carbocycles. The maximum absolute atomic E-state index is 12.4. The van der Waals surface area contributed by atoms with Gasteiger partial charge >= 0.3 is 6.18 Å². The van der Waals surface area contributed by atoms with E-state index in [0.717, 1.165) is 12.1 Å². The Labute approximate surface area is 107 Å². The minimum Gasteiger partial charge on any atom is -0.393 e. The molecule has 1 heterocycles. The third-order valence-corrected chi connectivity index (χ3v) is 2.50. The van der Waals surface area contributed by atoms with Gasteiger partial charge in [0.15, 0.2) is 0 Å². The highest BCUT2D eigenvalue weighted by molar-refractivity contribution is 5.34. The molecule has 0 fully saturated rings. The van der Waals surface area contributed by atoms with Crippen LogP contribution in [0.1, 0.15) is 18.2 Å². The van der Waals surface area contributed by atoms with Crippen molar-refractivity contribution in [3.63, 3.8) is 0 Å². The topological polar surface area (TPSA) is 50.9 Å². The van der Waals surface area contributed by atoms with Crippen LogP contribution in [-0.2, 0) is 12.6 Å². The van der Waals surface area contributed by atoms with E-state index < -0.39 is 17.8 Å². The summed E-state index contributed by atoms with van der Waals surface area (Å²) in [7, 11) is 0. The molecule has 0 radical (unpaired) electrons. The van der Waals surface area contributed by atoms with Gasteiger partial charge in [-0.1, -0.05) is 5.21 Å². The summed E-state index contributed by atoms with van der Waals surface area (Å²) in [4.78, 5) is 0. The van der Waals surface area contributed by atoms with Crippen molar-refractivity contribution in [2.45, 2.75) is 25.6 Å². The van der Waals surface area contributed by atoms with E-state index in [2.05, 4.69) is 10.3 Å². The number of aliphatic hydroxyl groups excluding tert-OH is 1. The zero-order valence-corrected chi connectivity index (χ0v) is 10.1. The molecule has 0 saturated heterocycles. The van der Waals surface area contributed by atoms with Crippen molar-refractivity contribution in [1.29, 1.82) is 0 Å². The third kappa shape index (κ3) is 3.31. The molecule has 0 bridgehead atoms. The van der Waals surface area contributed by atoms with Crippen molar-refractivity contribution >= 4 is 0 Å². The summed E-state index contributed by atoms with van der Waals surface area (Å²) in [5, 5.41) is 16.8. The molecular formula is C12H12F3N3O. The Hall–Kier alpha value is -1.89. The van der Waals surface area contributed by atoms with Crippen molar-refractivity contribution in [3.05, 3.63) is 41.7 Å². The monoisotopic (exact) mass is 271 g/mol. The minimum atomic E-state index is -4.35. The second-order valence-corrected chi connectivity index (χ2v) is 4.25. The van der Waals surface area contributed by atoms with Crippen LogP contribution in [-0.4, -0.2) is 26.2 Å². The molecule has 0 aliphatic carbocycles. The van der Waals surface area contributed by atoms with Crippen LogP contribution in [0.2, 0.25) is 0 Å². The second kappa shape index (κ2) is 5.00. The Morgan fingerprint density at radius 3 is 2.42 bits per heavy atom. The molecule has 19 heavy (non-hydrogen) atoms. The smallest absolute Gasteiger partial charge is 0.393 e. The van der Waals surface area contributed by atoms with Gasteiger partial charge in [0, 0.05) is 6.42 Å². The van der Waals surface area contributed by atoms with Crippen molar-refractivity contribution in [3.8, 4) is 5.69 Å². The average Bonchev–Trinajstić information content (AvgIpc) is 2.75. The molecule has 0 saturated carbocycles. The molecule has 2 aromatic rings. The maximum atomic E-state index is 12.4. The van der Waals surface area contributed by atoms with E-state index in [1.165, 1.54) is 16.8 Å². The summed E-state index contributed by atoms with van der Waals surface area (Å²) in [6.07, 6.45) is -2.97. The number of nitrogens with zero attached hydrogens (tertiary/aromatic N) is 3. The lowest BCUT2D eigenvalue weighted by Gasteiger charge is -2.07. The normalized spacial score (nSPS) is 13.5. The van der Waals surface area contributed by atoms with Gasteiger partial charge in [0.1, 0.15) is 0 Å². The zero-order chi connectivity index (χ0) is 14.0.